The van der Waals surface area contributed by atoms with Crippen LogP contribution in [0.2, 0.25) is 0 Å². The molecule has 3 fully saturated rings. The van der Waals surface area contributed by atoms with Crippen LogP contribution in [0.5, 0.6) is 0 Å². The number of nitrogens with one attached hydrogen (secondary N) is 1. The molecule has 1 spiro atoms. The summed E-state index contributed by atoms with van der Waals surface area (Å²) in [6.45, 7) is 6.41. The molecule has 0 aromatic heterocycles. The Morgan fingerprint density at radius 1 is 1.31 bits per heavy atom. The minimum atomic E-state index is 0.0965. The highest BCUT2D eigenvalue weighted by Crippen LogP contribution is 2.31. The van der Waals surface area contributed by atoms with Gasteiger partial charge in [0, 0.05) is 44.0 Å². The first-order chi connectivity index (χ1) is 12.7. The molecule has 1 aromatic carbocycles. The Labute approximate surface area is 156 Å². The Kier molecular flexibility index (Phi) is 5.30. The zero-order valence-electron chi connectivity index (χ0n) is 15.9. The van der Waals surface area contributed by atoms with Crippen LogP contribution < -0.4 is 5.32 Å². The van der Waals surface area contributed by atoms with Gasteiger partial charge in [-0.2, -0.15) is 0 Å². The maximum absolute atomic E-state index is 13.2. The molecule has 1 aromatic rings. The number of amides is 1. The topological polar surface area (TPSA) is 44.8 Å². The van der Waals surface area contributed by atoms with Gasteiger partial charge in [0.25, 0.3) is 5.91 Å². The molecule has 3 aliphatic heterocycles. The van der Waals surface area contributed by atoms with Gasteiger partial charge in [-0.15, -0.1) is 0 Å². The first-order valence-corrected chi connectivity index (χ1v) is 10.0. The van der Waals surface area contributed by atoms with Crippen LogP contribution in [0, 0.1) is 5.92 Å². The molecule has 1 amide bonds. The quantitative estimate of drug-likeness (QED) is 0.896. The summed E-state index contributed by atoms with van der Waals surface area (Å²) >= 11 is 0. The summed E-state index contributed by atoms with van der Waals surface area (Å²) in [5, 5.41) is 3.43. The molecule has 26 heavy (non-hydrogen) atoms. The van der Waals surface area contributed by atoms with E-state index in [1.807, 2.05) is 12.1 Å². The van der Waals surface area contributed by atoms with Gasteiger partial charge in [-0.25, -0.2) is 0 Å². The zero-order chi connectivity index (χ0) is 18.0. The summed E-state index contributed by atoms with van der Waals surface area (Å²) in [4.78, 5) is 17.7. The van der Waals surface area contributed by atoms with Crippen LogP contribution in [0.3, 0.4) is 0 Å². The molecule has 5 heteroatoms. The highest BCUT2D eigenvalue weighted by atomic mass is 16.5. The summed E-state index contributed by atoms with van der Waals surface area (Å²) in [6.07, 6.45) is 4.34. The molecule has 3 saturated heterocycles. The van der Waals surface area contributed by atoms with Crippen molar-refractivity contribution < 1.29 is 9.53 Å². The van der Waals surface area contributed by atoms with Crippen molar-refractivity contribution in [3.8, 4) is 0 Å². The first-order valence-electron chi connectivity index (χ1n) is 10.0. The lowest BCUT2D eigenvalue weighted by molar-refractivity contribution is -0.0543. The molecule has 0 radical (unpaired) electrons. The van der Waals surface area contributed by atoms with E-state index in [4.69, 9.17) is 4.74 Å². The first kappa shape index (κ1) is 18.0. The molecule has 142 valence electrons. The van der Waals surface area contributed by atoms with E-state index in [1.165, 1.54) is 12.0 Å². The smallest absolute Gasteiger partial charge is 0.253 e. The van der Waals surface area contributed by atoms with E-state index in [0.29, 0.717) is 5.92 Å². The van der Waals surface area contributed by atoms with Crippen molar-refractivity contribution in [1.29, 1.82) is 0 Å². The third kappa shape index (κ3) is 3.66. The maximum atomic E-state index is 13.2. The lowest BCUT2D eigenvalue weighted by Crippen LogP contribution is -2.63. The Morgan fingerprint density at radius 2 is 2.15 bits per heavy atom. The Morgan fingerprint density at radius 3 is 2.92 bits per heavy atom. The maximum Gasteiger partial charge on any atom is 0.253 e. The van der Waals surface area contributed by atoms with Crippen LogP contribution in [0.4, 0.5) is 0 Å². The van der Waals surface area contributed by atoms with Crippen molar-refractivity contribution in [2.75, 3.05) is 53.0 Å². The van der Waals surface area contributed by atoms with Crippen LogP contribution in [0.25, 0.3) is 0 Å². The summed E-state index contributed by atoms with van der Waals surface area (Å²) in [6, 6.07) is 8.31. The number of carbonyl (C=O) groups is 1. The predicted octanol–water partition coefficient (Wildman–Crippen LogP) is 1.78. The van der Waals surface area contributed by atoms with E-state index in [0.717, 1.165) is 70.8 Å². The Hall–Kier alpha value is -1.43. The number of nitrogens with zero attached hydrogens (tertiary/aromatic N) is 2. The van der Waals surface area contributed by atoms with Gasteiger partial charge in [-0.3, -0.25) is 9.69 Å². The third-order valence-electron chi connectivity index (χ3n) is 6.57. The van der Waals surface area contributed by atoms with Crippen LogP contribution in [0.15, 0.2) is 24.3 Å². The average Bonchev–Trinajstić information content (AvgIpc) is 3.17. The van der Waals surface area contributed by atoms with Crippen molar-refractivity contribution in [3.05, 3.63) is 35.4 Å². The molecule has 0 bridgehead atoms. The van der Waals surface area contributed by atoms with Crippen LogP contribution in [0.1, 0.15) is 35.2 Å². The standard InChI is InChI=1S/C21H31N3O2/c1-23-9-10-24(16-21(23)6-11-26-12-7-21)20(25)19-4-2-3-17(14-19)13-18-5-8-22-15-18/h2-4,14,18,22H,5-13,15-16H2,1H3. The second-order valence-electron chi connectivity index (χ2n) is 8.25. The van der Waals surface area contributed by atoms with Gasteiger partial charge in [0.05, 0.1) is 0 Å². The zero-order valence-corrected chi connectivity index (χ0v) is 15.9. The van der Waals surface area contributed by atoms with Gasteiger partial charge in [0.2, 0.25) is 0 Å². The number of piperazine rings is 1. The number of likely N-dealkylation sites (N-methyl/N-ethyl adjacent to an activating group) is 1. The molecular weight excluding hydrogens is 326 g/mol. The summed E-state index contributed by atoms with van der Waals surface area (Å²) in [7, 11) is 2.20. The van der Waals surface area contributed by atoms with Crippen molar-refractivity contribution in [1.82, 2.24) is 15.1 Å². The monoisotopic (exact) mass is 357 g/mol. The number of carbonyl (C=O) groups excluding carboxylic acids is 1. The molecule has 0 saturated carbocycles. The molecule has 1 unspecified atom stereocenters. The molecule has 3 heterocycles. The van der Waals surface area contributed by atoms with E-state index >= 15 is 0 Å². The molecular formula is C21H31N3O2. The van der Waals surface area contributed by atoms with Crippen LogP contribution >= 0.6 is 0 Å². The SMILES string of the molecule is CN1CCN(C(=O)c2cccc(CC3CCNC3)c2)CC12CCOCC2. The molecule has 3 aliphatic rings. The number of hydrogen-bond donors (Lipinski definition) is 1. The highest BCUT2D eigenvalue weighted by Gasteiger charge is 2.42. The lowest BCUT2D eigenvalue weighted by Gasteiger charge is -2.51. The van der Waals surface area contributed by atoms with E-state index < -0.39 is 0 Å². The second-order valence-corrected chi connectivity index (χ2v) is 8.25. The fourth-order valence-corrected chi connectivity index (χ4v) is 4.76. The molecule has 1 N–H and O–H groups in total. The third-order valence-corrected chi connectivity index (χ3v) is 6.57. The lowest BCUT2D eigenvalue weighted by atomic mass is 9.85. The molecule has 4 rings (SSSR count). The molecule has 5 nitrogen and oxygen atoms in total. The second kappa shape index (κ2) is 7.67. The summed E-state index contributed by atoms with van der Waals surface area (Å²) in [5.74, 6) is 0.893. The van der Waals surface area contributed by atoms with E-state index in [2.05, 4.69) is 34.3 Å². The van der Waals surface area contributed by atoms with E-state index in [-0.39, 0.29) is 11.4 Å². The Balaban J connectivity index is 1.46. The van der Waals surface area contributed by atoms with Gasteiger partial charge >= 0.3 is 0 Å². The fraction of sp³-hybridized carbons (Fsp3) is 0.667. The normalized spacial score (nSPS) is 26.3. The van der Waals surface area contributed by atoms with Gasteiger partial charge < -0.3 is 15.0 Å². The largest absolute Gasteiger partial charge is 0.381 e. The summed E-state index contributed by atoms with van der Waals surface area (Å²) in [5.41, 5.74) is 2.24. The summed E-state index contributed by atoms with van der Waals surface area (Å²) < 4.78 is 5.57. The fourth-order valence-electron chi connectivity index (χ4n) is 4.76. The molecule has 0 aliphatic carbocycles. The Bertz CT molecular complexity index is 636. The van der Waals surface area contributed by atoms with Crippen molar-refractivity contribution in [3.63, 3.8) is 0 Å². The van der Waals surface area contributed by atoms with Crippen LogP contribution in [-0.2, 0) is 11.2 Å². The van der Waals surface area contributed by atoms with E-state index in [1.54, 1.807) is 0 Å². The number of hydrogen-bond acceptors (Lipinski definition) is 4. The minimum absolute atomic E-state index is 0.0965. The number of ether oxygens (including phenoxy) is 1. The van der Waals surface area contributed by atoms with Crippen molar-refractivity contribution >= 4 is 5.91 Å². The van der Waals surface area contributed by atoms with Crippen molar-refractivity contribution in [2.24, 2.45) is 5.92 Å². The highest BCUT2D eigenvalue weighted by molar-refractivity contribution is 5.94. The van der Waals surface area contributed by atoms with E-state index in [9.17, 15) is 4.79 Å². The van der Waals surface area contributed by atoms with Gasteiger partial charge in [-0.1, -0.05) is 12.1 Å². The minimum Gasteiger partial charge on any atom is -0.381 e. The molecule has 1 atom stereocenters. The van der Waals surface area contributed by atoms with Gasteiger partial charge in [0.1, 0.15) is 0 Å². The van der Waals surface area contributed by atoms with Gasteiger partial charge in [-0.05, 0) is 69.4 Å². The predicted molar refractivity (Wildman–Crippen MR) is 102 cm³/mol. The van der Waals surface area contributed by atoms with Crippen molar-refractivity contribution in [2.45, 2.75) is 31.2 Å². The van der Waals surface area contributed by atoms with Crippen LogP contribution in [-0.4, -0.2) is 74.2 Å². The number of benzene rings is 1. The average molecular weight is 357 g/mol. The van der Waals surface area contributed by atoms with Gasteiger partial charge in [0.15, 0.2) is 0 Å². The number of rotatable bonds is 3.